The van der Waals surface area contributed by atoms with Crippen LogP contribution in [0.3, 0.4) is 0 Å². The zero-order chi connectivity index (χ0) is 29.1. The first kappa shape index (κ1) is 27.5. The quantitative estimate of drug-likeness (QED) is 0.250. The summed E-state index contributed by atoms with van der Waals surface area (Å²) in [6.45, 7) is 5.89. The predicted octanol–water partition coefficient (Wildman–Crippen LogP) is 5.05. The number of nitrogens with zero attached hydrogens (tertiary/aromatic N) is 4. The fourth-order valence-electron chi connectivity index (χ4n) is 4.39. The summed E-state index contributed by atoms with van der Waals surface area (Å²) in [6, 6.07) is 21.4. The SMILES string of the molecule is CCOc1ccc(-n2c(O)c(C=Nc3ccc(S(=O)(=O)Nc4nc(C)cc(C)n4)cc3)c3ccccc3c2=O)cc1. The highest BCUT2D eigenvalue weighted by atomic mass is 32.2. The molecule has 0 fully saturated rings. The molecule has 0 aliphatic heterocycles. The van der Waals surface area contributed by atoms with Crippen LogP contribution in [0.15, 0.2) is 93.5 Å². The molecule has 0 aliphatic carbocycles. The van der Waals surface area contributed by atoms with Crippen LogP contribution in [-0.4, -0.2) is 40.9 Å². The minimum absolute atomic E-state index is 0.00500. The molecule has 0 bridgehead atoms. The number of aromatic nitrogens is 3. The highest BCUT2D eigenvalue weighted by Crippen LogP contribution is 2.28. The second-order valence-corrected chi connectivity index (χ2v) is 10.9. The number of benzene rings is 3. The second kappa shape index (κ2) is 11.2. The van der Waals surface area contributed by atoms with E-state index in [-0.39, 0.29) is 22.3 Å². The highest BCUT2D eigenvalue weighted by Gasteiger charge is 2.18. The number of fused-ring (bicyclic) bond motifs is 1. The molecule has 10 nitrogen and oxygen atoms in total. The van der Waals surface area contributed by atoms with Gasteiger partial charge in [0.15, 0.2) is 0 Å². The first-order chi connectivity index (χ1) is 19.7. The molecule has 0 saturated heterocycles. The van der Waals surface area contributed by atoms with Crippen molar-refractivity contribution in [3.63, 3.8) is 0 Å². The Bertz CT molecular complexity index is 1910. The third kappa shape index (κ3) is 5.80. The molecule has 0 radical (unpaired) electrons. The molecule has 0 atom stereocenters. The molecule has 41 heavy (non-hydrogen) atoms. The minimum atomic E-state index is -3.93. The summed E-state index contributed by atoms with van der Waals surface area (Å²) in [5, 5.41) is 12.2. The number of sulfonamides is 1. The molecule has 2 heterocycles. The third-order valence-electron chi connectivity index (χ3n) is 6.21. The zero-order valence-electron chi connectivity index (χ0n) is 22.6. The summed E-state index contributed by atoms with van der Waals surface area (Å²) >= 11 is 0. The average Bonchev–Trinajstić information content (AvgIpc) is 2.93. The number of anilines is 1. The van der Waals surface area contributed by atoms with Gasteiger partial charge in [-0.1, -0.05) is 18.2 Å². The van der Waals surface area contributed by atoms with Crippen LogP contribution in [0.4, 0.5) is 11.6 Å². The van der Waals surface area contributed by atoms with Crippen LogP contribution in [0.2, 0.25) is 0 Å². The Hall–Kier alpha value is -5.03. The van der Waals surface area contributed by atoms with Gasteiger partial charge >= 0.3 is 0 Å². The van der Waals surface area contributed by atoms with Gasteiger partial charge in [0.05, 0.1) is 28.4 Å². The van der Waals surface area contributed by atoms with Crippen molar-refractivity contribution in [2.75, 3.05) is 11.3 Å². The van der Waals surface area contributed by atoms with E-state index in [0.29, 0.717) is 51.5 Å². The van der Waals surface area contributed by atoms with Crippen LogP contribution in [-0.2, 0) is 10.0 Å². The van der Waals surface area contributed by atoms with Gasteiger partial charge in [-0.2, -0.15) is 0 Å². The number of ether oxygens (including phenoxy) is 1. The number of hydrogen-bond acceptors (Lipinski definition) is 8. The van der Waals surface area contributed by atoms with Gasteiger partial charge in [0.2, 0.25) is 11.8 Å². The molecule has 208 valence electrons. The largest absolute Gasteiger partial charge is 0.494 e. The van der Waals surface area contributed by atoms with Gasteiger partial charge < -0.3 is 9.84 Å². The van der Waals surface area contributed by atoms with Crippen molar-refractivity contribution in [1.82, 2.24) is 14.5 Å². The molecular weight excluding hydrogens is 542 g/mol. The van der Waals surface area contributed by atoms with Crippen molar-refractivity contribution in [2.45, 2.75) is 25.7 Å². The summed E-state index contributed by atoms with van der Waals surface area (Å²) in [5.74, 6) is 0.363. The Morgan fingerprint density at radius 1 is 0.951 bits per heavy atom. The standard InChI is InChI=1S/C30H27N5O5S/c1-4-40-23-13-11-22(12-14-23)35-28(36)26-8-6-5-7-25(26)27(29(35)37)18-31-21-9-15-24(16-10-21)41(38,39)34-30-32-19(2)17-20(3)33-30/h5-18,37H,4H2,1-3H3,(H,32,33,34). The maximum Gasteiger partial charge on any atom is 0.265 e. The van der Waals surface area contributed by atoms with E-state index in [1.165, 1.54) is 35.0 Å². The van der Waals surface area contributed by atoms with E-state index in [9.17, 15) is 18.3 Å². The summed E-state index contributed by atoms with van der Waals surface area (Å²) in [7, 11) is -3.93. The van der Waals surface area contributed by atoms with E-state index in [1.54, 1.807) is 68.4 Å². The minimum Gasteiger partial charge on any atom is -0.494 e. The molecule has 2 N–H and O–H groups in total. The normalized spacial score (nSPS) is 11.7. The topological polar surface area (TPSA) is 136 Å². The molecule has 0 saturated carbocycles. The van der Waals surface area contributed by atoms with E-state index in [2.05, 4.69) is 19.7 Å². The lowest BCUT2D eigenvalue weighted by molar-refractivity contribution is 0.340. The molecule has 0 spiro atoms. The summed E-state index contributed by atoms with van der Waals surface area (Å²) < 4.78 is 34.8. The molecule has 3 aromatic carbocycles. The van der Waals surface area contributed by atoms with Gasteiger partial charge in [-0.15, -0.1) is 0 Å². The third-order valence-corrected chi connectivity index (χ3v) is 7.55. The maximum absolute atomic E-state index is 13.3. The number of aromatic hydroxyl groups is 1. The number of pyridine rings is 1. The predicted molar refractivity (Wildman–Crippen MR) is 158 cm³/mol. The van der Waals surface area contributed by atoms with Crippen molar-refractivity contribution in [2.24, 2.45) is 4.99 Å². The first-order valence-corrected chi connectivity index (χ1v) is 14.2. The lowest BCUT2D eigenvalue weighted by atomic mass is 10.1. The molecular formula is C30H27N5O5S. The smallest absolute Gasteiger partial charge is 0.265 e. The fourth-order valence-corrected chi connectivity index (χ4v) is 5.33. The molecule has 0 unspecified atom stereocenters. The van der Waals surface area contributed by atoms with Gasteiger partial charge in [-0.05, 0) is 81.4 Å². The summed E-state index contributed by atoms with van der Waals surface area (Å²) in [6.07, 6.45) is 1.45. The average molecular weight is 570 g/mol. The van der Waals surface area contributed by atoms with Gasteiger partial charge in [0.25, 0.3) is 15.6 Å². The molecule has 0 aliphatic rings. The van der Waals surface area contributed by atoms with Gasteiger partial charge in [-0.3, -0.25) is 9.79 Å². The van der Waals surface area contributed by atoms with E-state index in [4.69, 9.17) is 4.74 Å². The lowest BCUT2D eigenvalue weighted by Gasteiger charge is -2.14. The van der Waals surface area contributed by atoms with E-state index in [1.807, 2.05) is 6.92 Å². The Kier molecular flexibility index (Phi) is 7.54. The fraction of sp³-hybridized carbons (Fsp3) is 0.133. The van der Waals surface area contributed by atoms with Gasteiger partial charge in [-0.25, -0.2) is 27.7 Å². The molecule has 11 heteroatoms. The Labute approximate surface area is 236 Å². The van der Waals surface area contributed by atoms with Crippen LogP contribution in [0.25, 0.3) is 16.5 Å². The molecule has 5 aromatic rings. The van der Waals surface area contributed by atoms with Crippen molar-refractivity contribution in [3.8, 4) is 17.3 Å². The number of nitrogens with one attached hydrogen (secondary N) is 1. The maximum atomic E-state index is 13.3. The van der Waals surface area contributed by atoms with Gasteiger partial charge in [0, 0.05) is 28.4 Å². The van der Waals surface area contributed by atoms with Crippen molar-refractivity contribution < 1.29 is 18.3 Å². The van der Waals surface area contributed by atoms with Crippen LogP contribution >= 0.6 is 0 Å². The summed E-state index contributed by atoms with van der Waals surface area (Å²) in [4.78, 5) is 26.1. The first-order valence-electron chi connectivity index (χ1n) is 12.8. The second-order valence-electron chi connectivity index (χ2n) is 9.18. The number of rotatable bonds is 8. The van der Waals surface area contributed by atoms with Crippen molar-refractivity contribution >= 4 is 38.6 Å². The van der Waals surface area contributed by atoms with Crippen LogP contribution in [0.5, 0.6) is 11.6 Å². The number of aryl methyl sites for hydroxylation is 2. The summed E-state index contributed by atoms with van der Waals surface area (Å²) in [5.41, 5.74) is 2.14. The van der Waals surface area contributed by atoms with Crippen molar-refractivity contribution in [3.05, 3.63) is 106 Å². The highest BCUT2D eigenvalue weighted by molar-refractivity contribution is 7.92. The lowest BCUT2D eigenvalue weighted by Crippen LogP contribution is -2.20. The molecule has 5 rings (SSSR count). The van der Waals surface area contributed by atoms with E-state index < -0.39 is 10.0 Å². The Morgan fingerprint density at radius 2 is 1.59 bits per heavy atom. The van der Waals surface area contributed by atoms with E-state index >= 15 is 0 Å². The monoisotopic (exact) mass is 569 g/mol. The van der Waals surface area contributed by atoms with Crippen molar-refractivity contribution in [1.29, 1.82) is 0 Å². The molecule has 0 amide bonds. The Balaban J connectivity index is 1.48. The van der Waals surface area contributed by atoms with Crippen LogP contribution in [0.1, 0.15) is 23.9 Å². The van der Waals surface area contributed by atoms with E-state index in [0.717, 1.165) is 0 Å². The Morgan fingerprint density at radius 3 is 2.22 bits per heavy atom. The van der Waals surface area contributed by atoms with Gasteiger partial charge in [0.1, 0.15) is 5.75 Å². The zero-order valence-corrected chi connectivity index (χ0v) is 23.4. The van der Waals surface area contributed by atoms with Crippen LogP contribution in [0, 0.1) is 13.8 Å². The number of hydrogen-bond donors (Lipinski definition) is 2. The van der Waals surface area contributed by atoms with Crippen LogP contribution < -0.4 is 15.0 Å². The number of aliphatic imine (C=N–C) groups is 1. The molecule has 2 aromatic heterocycles.